The molecule has 1 fully saturated rings. The zero-order valence-corrected chi connectivity index (χ0v) is 35.8. The second-order valence-corrected chi connectivity index (χ2v) is 16.4. The molecule has 1 saturated heterocycles. The fraction of sp³-hybridized carbons (Fsp3) is 0.327. The quantitative estimate of drug-likeness (QED) is 0.0608. The summed E-state index contributed by atoms with van der Waals surface area (Å²) in [7, 11) is 0. The number of amides is 2. The molecule has 0 radical (unpaired) electrons. The van der Waals surface area contributed by atoms with E-state index in [0.29, 0.717) is 16.7 Å². The fourth-order valence-corrected chi connectivity index (χ4v) is 7.26. The molecule has 1 aliphatic carbocycles. The zero-order valence-electron chi connectivity index (χ0n) is 35.8. The van der Waals surface area contributed by atoms with Crippen LogP contribution in [-0.2, 0) is 50.4 Å². The van der Waals surface area contributed by atoms with Gasteiger partial charge >= 0.3 is 24.1 Å². The number of nitrogens with one attached hydrogen (secondary N) is 2. The van der Waals surface area contributed by atoms with Gasteiger partial charge in [0.1, 0.15) is 23.9 Å². The van der Waals surface area contributed by atoms with Crippen molar-refractivity contribution in [1.29, 1.82) is 0 Å². The average Bonchev–Trinajstić information content (AvgIpc) is 3.69. The number of hydrogen-bond acceptors (Lipinski definition) is 11. The fourth-order valence-electron chi connectivity index (χ4n) is 7.26. The molecule has 13 nitrogen and oxygen atoms in total. The Kier molecular flexibility index (Phi) is 15.4. The van der Waals surface area contributed by atoms with Crippen LogP contribution in [0.3, 0.4) is 0 Å². The largest absolute Gasteiger partial charge is 0.460 e. The van der Waals surface area contributed by atoms with Crippen LogP contribution in [0.1, 0.15) is 83.0 Å². The maximum absolute atomic E-state index is 14.0. The number of benzene rings is 4. The molecule has 1 heterocycles. The van der Waals surface area contributed by atoms with E-state index in [1.165, 1.54) is 12.1 Å². The molecule has 342 valence electrons. The Bertz CT molecular complexity index is 2360. The molecule has 16 heteroatoms. The molecule has 2 amide bonds. The van der Waals surface area contributed by atoms with Gasteiger partial charge < -0.3 is 39.4 Å². The maximum Gasteiger partial charge on any atom is 0.422 e. The number of carbonyl (C=O) groups excluding carboxylic acids is 5. The van der Waals surface area contributed by atoms with Crippen molar-refractivity contribution in [2.24, 2.45) is 0 Å². The minimum atomic E-state index is -4.72. The average molecular weight is 899 g/mol. The van der Waals surface area contributed by atoms with E-state index in [4.69, 9.17) is 18.9 Å². The molecule has 6 rings (SSSR count). The van der Waals surface area contributed by atoms with E-state index in [1.807, 2.05) is 60.7 Å². The lowest BCUT2D eigenvalue weighted by Gasteiger charge is -2.31. The predicted octanol–water partition coefficient (Wildman–Crippen LogP) is 6.88. The van der Waals surface area contributed by atoms with Gasteiger partial charge in [0.25, 0.3) is 5.91 Å². The van der Waals surface area contributed by atoms with E-state index in [0.717, 1.165) is 12.2 Å². The van der Waals surface area contributed by atoms with Crippen LogP contribution in [0, 0.1) is 0 Å². The normalized spacial score (nSPS) is 18.4. The number of hydrogen-bond donors (Lipinski definition) is 3. The Balaban J connectivity index is 1.21. The second kappa shape index (κ2) is 20.9. The number of halogens is 3. The first-order valence-corrected chi connectivity index (χ1v) is 20.8. The number of fused-ring (bicyclic) bond motifs is 1. The summed E-state index contributed by atoms with van der Waals surface area (Å²) >= 11 is 0. The minimum Gasteiger partial charge on any atom is -0.460 e. The van der Waals surface area contributed by atoms with Crippen molar-refractivity contribution >= 4 is 35.8 Å². The summed E-state index contributed by atoms with van der Waals surface area (Å²) in [4.78, 5) is 65.5. The molecule has 4 aromatic carbocycles. The minimum absolute atomic E-state index is 0.0113. The Morgan fingerprint density at radius 2 is 1.52 bits per heavy atom. The molecule has 4 unspecified atom stereocenters. The molecule has 1 aliphatic heterocycles. The van der Waals surface area contributed by atoms with E-state index in [2.05, 4.69) is 15.4 Å². The maximum atomic E-state index is 14.0. The summed E-state index contributed by atoms with van der Waals surface area (Å²) in [6.07, 6.45) is -4.17. The predicted molar refractivity (Wildman–Crippen MR) is 230 cm³/mol. The van der Waals surface area contributed by atoms with Crippen LogP contribution in [0.5, 0.6) is 0 Å². The van der Waals surface area contributed by atoms with Gasteiger partial charge in [0.2, 0.25) is 11.7 Å². The van der Waals surface area contributed by atoms with Gasteiger partial charge in [-0.3, -0.25) is 14.4 Å². The summed E-state index contributed by atoms with van der Waals surface area (Å²) in [6.45, 7) is 3.03. The van der Waals surface area contributed by atoms with Gasteiger partial charge in [-0.1, -0.05) is 91.0 Å². The summed E-state index contributed by atoms with van der Waals surface area (Å²) in [6, 6.07) is 30.0. The Labute approximate surface area is 373 Å². The molecule has 4 atom stereocenters. The molecule has 0 aromatic heterocycles. The van der Waals surface area contributed by atoms with E-state index >= 15 is 0 Å². The van der Waals surface area contributed by atoms with E-state index in [1.54, 1.807) is 63.2 Å². The van der Waals surface area contributed by atoms with Crippen LogP contribution >= 0.6 is 0 Å². The summed E-state index contributed by atoms with van der Waals surface area (Å²) in [5.41, 5.74) is 1.74. The van der Waals surface area contributed by atoms with Crippen LogP contribution in [0.15, 0.2) is 127 Å². The van der Waals surface area contributed by atoms with Crippen LogP contribution < -0.4 is 10.6 Å². The third-order valence-corrected chi connectivity index (χ3v) is 10.2. The van der Waals surface area contributed by atoms with Crippen LogP contribution in [0.2, 0.25) is 0 Å². The lowest BCUT2D eigenvalue weighted by molar-refractivity contribution is -0.182. The third-order valence-electron chi connectivity index (χ3n) is 10.2. The van der Waals surface area contributed by atoms with E-state index < -0.39 is 84.9 Å². The smallest absolute Gasteiger partial charge is 0.422 e. The molecule has 65 heavy (non-hydrogen) atoms. The summed E-state index contributed by atoms with van der Waals surface area (Å²) < 4.78 is 67.1. The number of aliphatic hydroxyl groups is 1. The van der Waals surface area contributed by atoms with Gasteiger partial charge in [-0.2, -0.15) is 13.2 Å². The zero-order chi connectivity index (χ0) is 46.8. The number of rotatable bonds is 16. The lowest BCUT2D eigenvalue weighted by Crippen LogP contribution is -2.43. The van der Waals surface area contributed by atoms with E-state index in [-0.39, 0.29) is 48.1 Å². The summed E-state index contributed by atoms with van der Waals surface area (Å²) in [5, 5.41) is 15.5. The molecule has 0 spiro atoms. The molecule has 0 saturated carbocycles. The SMILES string of the molecule is CC(C)(C)OC(=O)CCC(CO)NC(=O)c1cccc(CNC(=O)C2=CC3OC(c4ccccc4)(c4ccccc4)OC3C(OC(=O)c3ccccc3C=CC(=O)OCC(F)(F)F)C2)c1. The van der Waals surface area contributed by atoms with Gasteiger partial charge in [-0.15, -0.1) is 0 Å². The first-order valence-electron chi connectivity index (χ1n) is 20.8. The summed E-state index contributed by atoms with van der Waals surface area (Å²) in [5.74, 6) is -5.11. The first kappa shape index (κ1) is 47.8. The number of esters is 3. The standard InChI is InChI=1S/C49H49F3N2O11/c1-47(2,3)64-42(57)24-22-37(29-55)54-45(59)33-15-12-13-31(25-33)28-53-44(58)34-26-39(62-46(60)38-20-11-10-14-32(38)21-23-41(56)61-30-48(50,51)52)43-40(27-34)63-49(65-43,35-16-6-4-7-17-35)36-18-8-5-9-19-36/h4-21,23,25,27,37,39-40,43,55H,22,24,26,28-30H2,1-3H3,(H,53,58)(H,54,59). The Morgan fingerprint density at radius 1 is 0.862 bits per heavy atom. The number of ether oxygens (including phenoxy) is 5. The van der Waals surface area contributed by atoms with Crippen molar-refractivity contribution in [2.45, 2.75) is 88.5 Å². The van der Waals surface area contributed by atoms with Crippen molar-refractivity contribution in [1.82, 2.24) is 10.6 Å². The van der Waals surface area contributed by atoms with E-state index in [9.17, 15) is 42.3 Å². The molecule has 3 N–H and O–H groups in total. The highest BCUT2D eigenvalue weighted by Crippen LogP contribution is 2.47. The van der Waals surface area contributed by atoms with Crippen molar-refractivity contribution in [3.05, 3.63) is 160 Å². The van der Waals surface area contributed by atoms with Gasteiger partial charge in [-0.25, -0.2) is 9.59 Å². The highest BCUT2D eigenvalue weighted by atomic mass is 19.4. The van der Waals surface area contributed by atoms with Crippen LogP contribution in [0.4, 0.5) is 13.2 Å². The van der Waals surface area contributed by atoms with Gasteiger partial charge in [0.05, 0.1) is 18.2 Å². The van der Waals surface area contributed by atoms with Crippen molar-refractivity contribution in [2.75, 3.05) is 13.2 Å². The molecule has 0 bridgehead atoms. The monoisotopic (exact) mass is 898 g/mol. The number of alkyl halides is 3. The third kappa shape index (κ3) is 13.0. The first-order chi connectivity index (χ1) is 30.9. The van der Waals surface area contributed by atoms with Gasteiger partial charge in [0, 0.05) is 47.7 Å². The lowest BCUT2D eigenvalue weighted by atomic mass is 9.91. The van der Waals surface area contributed by atoms with Crippen LogP contribution in [0.25, 0.3) is 6.08 Å². The number of carbonyl (C=O) groups is 5. The molecule has 2 aliphatic rings. The second-order valence-electron chi connectivity index (χ2n) is 16.4. The Hall–Kier alpha value is -6.62. The van der Waals surface area contributed by atoms with Gasteiger partial charge in [0.15, 0.2) is 6.61 Å². The molecular formula is C49H49F3N2O11. The molecular weight excluding hydrogens is 850 g/mol. The van der Waals surface area contributed by atoms with Crippen molar-refractivity contribution in [3.8, 4) is 0 Å². The number of aliphatic hydroxyl groups excluding tert-OH is 1. The highest BCUT2D eigenvalue weighted by Gasteiger charge is 2.55. The van der Waals surface area contributed by atoms with Crippen LogP contribution in [-0.4, -0.2) is 84.2 Å². The van der Waals surface area contributed by atoms with Crippen molar-refractivity contribution < 1.29 is 65.9 Å². The van der Waals surface area contributed by atoms with Gasteiger partial charge in [-0.05, 0) is 68.7 Å². The molecule has 4 aromatic rings. The van der Waals surface area contributed by atoms with Crippen molar-refractivity contribution in [3.63, 3.8) is 0 Å². The Morgan fingerprint density at radius 3 is 2.17 bits per heavy atom. The topological polar surface area (TPSA) is 176 Å². The highest BCUT2D eigenvalue weighted by molar-refractivity contribution is 5.97.